The molecule has 0 spiro atoms. The number of benzene rings is 1. The summed E-state index contributed by atoms with van der Waals surface area (Å²) in [6.07, 6.45) is 3.80. The summed E-state index contributed by atoms with van der Waals surface area (Å²) in [6.45, 7) is 1.89. The van der Waals surface area contributed by atoms with E-state index in [1.165, 1.54) is 0 Å². The van der Waals surface area contributed by atoms with Crippen molar-refractivity contribution >= 4 is 15.9 Å². The highest BCUT2D eigenvalue weighted by atomic mass is 79.9. The van der Waals surface area contributed by atoms with E-state index in [1.54, 1.807) is 6.07 Å². The molecule has 82 valence electrons. The first-order chi connectivity index (χ1) is 7.00. The minimum absolute atomic E-state index is 0.00377. The fourth-order valence-corrected chi connectivity index (χ4v) is 2.06. The molecule has 0 saturated heterocycles. The van der Waals surface area contributed by atoms with E-state index in [9.17, 15) is 4.39 Å². The van der Waals surface area contributed by atoms with Crippen molar-refractivity contribution in [1.82, 2.24) is 0 Å². The van der Waals surface area contributed by atoms with Crippen molar-refractivity contribution in [3.8, 4) is 0 Å². The Morgan fingerprint density at radius 1 is 1.47 bits per heavy atom. The van der Waals surface area contributed by atoms with Crippen LogP contribution in [-0.4, -0.2) is 5.54 Å². The van der Waals surface area contributed by atoms with Gasteiger partial charge in [-0.2, -0.15) is 0 Å². The predicted molar refractivity (Wildman–Crippen MR) is 63.3 cm³/mol. The molecule has 0 radical (unpaired) electrons. The fraction of sp³-hybridized carbons (Fsp3) is 0.500. The van der Waals surface area contributed by atoms with E-state index in [0.29, 0.717) is 0 Å². The maximum atomic E-state index is 13.6. The summed E-state index contributed by atoms with van der Waals surface area (Å²) >= 11 is 3.42. The van der Waals surface area contributed by atoms with Gasteiger partial charge >= 0.3 is 0 Å². The van der Waals surface area contributed by atoms with Gasteiger partial charge in [-0.3, -0.25) is 0 Å². The van der Waals surface area contributed by atoms with Crippen LogP contribution in [0.15, 0.2) is 16.6 Å². The van der Waals surface area contributed by atoms with E-state index in [0.717, 1.165) is 41.3 Å². The molecule has 3 heteroatoms. The van der Waals surface area contributed by atoms with Crippen LogP contribution in [0.1, 0.15) is 30.4 Å². The highest BCUT2D eigenvalue weighted by Gasteiger charge is 2.37. The minimum Gasteiger partial charge on any atom is -0.325 e. The van der Waals surface area contributed by atoms with Crippen LogP contribution >= 0.6 is 15.9 Å². The quantitative estimate of drug-likeness (QED) is 0.897. The average molecular weight is 272 g/mol. The number of nitrogens with two attached hydrogens (primary N) is 1. The Morgan fingerprint density at radius 2 is 2.13 bits per heavy atom. The zero-order valence-electron chi connectivity index (χ0n) is 8.82. The molecule has 1 saturated carbocycles. The number of halogens is 2. The van der Waals surface area contributed by atoms with Crippen LogP contribution in [0.25, 0.3) is 0 Å². The van der Waals surface area contributed by atoms with Gasteiger partial charge in [0, 0.05) is 10.0 Å². The Kier molecular flexibility index (Phi) is 2.86. The van der Waals surface area contributed by atoms with E-state index in [2.05, 4.69) is 15.9 Å². The highest BCUT2D eigenvalue weighted by Crippen LogP contribution is 2.37. The summed E-state index contributed by atoms with van der Waals surface area (Å²) in [7, 11) is 0. The number of aryl methyl sites for hydroxylation is 2. The lowest BCUT2D eigenvalue weighted by atomic mass is 10.0. The summed E-state index contributed by atoms with van der Waals surface area (Å²) in [6, 6.07) is 3.45. The third-order valence-corrected chi connectivity index (χ3v) is 3.97. The molecule has 0 aliphatic heterocycles. The van der Waals surface area contributed by atoms with Crippen molar-refractivity contribution in [1.29, 1.82) is 0 Å². The van der Waals surface area contributed by atoms with Crippen molar-refractivity contribution in [3.63, 3.8) is 0 Å². The second-order valence-corrected chi connectivity index (χ2v) is 5.41. The summed E-state index contributed by atoms with van der Waals surface area (Å²) in [5.74, 6) is -0.111. The van der Waals surface area contributed by atoms with E-state index in [4.69, 9.17) is 5.73 Å². The maximum absolute atomic E-state index is 13.6. The minimum atomic E-state index is -0.111. The molecule has 15 heavy (non-hydrogen) atoms. The maximum Gasteiger partial charge on any atom is 0.126 e. The van der Waals surface area contributed by atoms with Crippen molar-refractivity contribution < 1.29 is 4.39 Å². The Bertz CT molecular complexity index is 385. The standard InChI is InChI=1S/C12H15BrFN/c1-8-6-11(14)9(7-10(8)13)2-3-12(15)4-5-12/h6-7H,2-5,15H2,1H3. The second-order valence-electron chi connectivity index (χ2n) is 4.56. The molecular formula is C12H15BrFN. The molecule has 0 heterocycles. The van der Waals surface area contributed by atoms with E-state index in [-0.39, 0.29) is 11.4 Å². The van der Waals surface area contributed by atoms with Crippen LogP contribution < -0.4 is 5.73 Å². The van der Waals surface area contributed by atoms with Crippen molar-refractivity contribution in [2.75, 3.05) is 0 Å². The van der Waals surface area contributed by atoms with Crippen LogP contribution in [0.3, 0.4) is 0 Å². The Morgan fingerprint density at radius 3 is 2.73 bits per heavy atom. The normalized spacial score (nSPS) is 17.9. The van der Waals surface area contributed by atoms with Gasteiger partial charge in [0.1, 0.15) is 5.82 Å². The topological polar surface area (TPSA) is 26.0 Å². The van der Waals surface area contributed by atoms with Gasteiger partial charge < -0.3 is 5.73 Å². The second kappa shape index (κ2) is 3.87. The van der Waals surface area contributed by atoms with Crippen LogP contribution in [0.4, 0.5) is 4.39 Å². The predicted octanol–water partition coefficient (Wildman–Crippen LogP) is 3.32. The Hall–Kier alpha value is -0.410. The van der Waals surface area contributed by atoms with Crippen LogP contribution in [-0.2, 0) is 6.42 Å². The largest absolute Gasteiger partial charge is 0.325 e. The fourth-order valence-electron chi connectivity index (χ4n) is 1.67. The van der Waals surface area contributed by atoms with Crippen molar-refractivity contribution in [3.05, 3.63) is 33.5 Å². The first-order valence-corrected chi connectivity index (χ1v) is 6.03. The summed E-state index contributed by atoms with van der Waals surface area (Å²) < 4.78 is 14.5. The molecule has 0 aromatic heterocycles. The van der Waals surface area contributed by atoms with Crippen molar-refractivity contribution in [2.24, 2.45) is 5.73 Å². The average Bonchev–Trinajstić information content (AvgIpc) is 2.89. The lowest BCUT2D eigenvalue weighted by Crippen LogP contribution is -2.22. The van der Waals surface area contributed by atoms with Gasteiger partial charge in [-0.25, -0.2) is 4.39 Å². The molecule has 1 aliphatic carbocycles. The van der Waals surface area contributed by atoms with E-state index < -0.39 is 0 Å². The van der Waals surface area contributed by atoms with Crippen LogP contribution in [0.5, 0.6) is 0 Å². The van der Waals surface area contributed by atoms with E-state index in [1.807, 2.05) is 13.0 Å². The molecule has 0 unspecified atom stereocenters. The van der Waals surface area contributed by atoms with Gasteiger partial charge in [-0.1, -0.05) is 15.9 Å². The van der Waals surface area contributed by atoms with Crippen LogP contribution in [0, 0.1) is 12.7 Å². The molecule has 1 nitrogen and oxygen atoms in total. The van der Waals surface area contributed by atoms with Gasteiger partial charge in [0.25, 0.3) is 0 Å². The van der Waals surface area contributed by atoms with E-state index >= 15 is 0 Å². The zero-order chi connectivity index (χ0) is 11.1. The summed E-state index contributed by atoms with van der Waals surface area (Å²) in [4.78, 5) is 0. The Balaban J connectivity index is 2.10. The molecule has 0 amide bonds. The summed E-state index contributed by atoms with van der Waals surface area (Å²) in [5.41, 5.74) is 7.69. The van der Waals surface area contributed by atoms with Gasteiger partial charge in [0.15, 0.2) is 0 Å². The number of rotatable bonds is 3. The third-order valence-electron chi connectivity index (χ3n) is 3.11. The number of hydrogen-bond acceptors (Lipinski definition) is 1. The van der Waals surface area contributed by atoms with Crippen molar-refractivity contribution in [2.45, 2.75) is 38.1 Å². The smallest absolute Gasteiger partial charge is 0.126 e. The molecule has 1 aromatic rings. The highest BCUT2D eigenvalue weighted by molar-refractivity contribution is 9.10. The van der Waals surface area contributed by atoms with Gasteiger partial charge in [0.2, 0.25) is 0 Å². The molecular weight excluding hydrogens is 257 g/mol. The first kappa shape index (κ1) is 11.1. The van der Waals surface area contributed by atoms with Crippen LogP contribution in [0.2, 0.25) is 0 Å². The molecule has 2 N–H and O–H groups in total. The lowest BCUT2D eigenvalue weighted by molar-refractivity contribution is 0.570. The Labute approximate surface area is 98.0 Å². The van der Waals surface area contributed by atoms with Gasteiger partial charge in [-0.05, 0) is 55.9 Å². The molecule has 0 atom stereocenters. The molecule has 0 bridgehead atoms. The molecule has 1 aromatic carbocycles. The number of hydrogen-bond donors (Lipinski definition) is 1. The van der Waals surface area contributed by atoms with Gasteiger partial charge in [0.05, 0.1) is 0 Å². The molecule has 1 aliphatic rings. The summed E-state index contributed by atoms with van der Waals surface area (Å²) in [5, 5.41) is 0. The zero-order valence-corrected chi connectivity index (χ0v) is 10.4. The molecule has 2 rings (SSSR count). The monoisotopic (exact) mass is 271 g/mol. The lowest BCUT2D eigenvalue weighted by Gasteiger charge is -2.10. The molecule has 1 fully saturated rings. The SMILES string of the molecule is Cc1cc(F)c(CCC2(N)CC2)cc1Br. The third kappa shape index (κ3) is 2.58. The first-order valence-electron chi connectivity index (χ1n) is 5.24. The van der Waals surface area contributed by atoms with Gasteiger partial charge in [-0.15, -0.1) is 0 Å².